The third kappa shape index (κ3) is 6.33. The second-order valence-corrected chi connectivity index (χ2v) is 5.29. The number of hydrogen-bond donors (Lipinski definition) is 2. The van der Waals surface area contributed by atoms with Crippen LogP contribution in [0.15, 0.2) is 42.5 Å². The molecule has 0 saturated carbocycles. The molecule has 1 amide bonds. The van der Waals surface area contributed by atoms with Crippen molar-refractivity contribution in [3.05, 3.63) is 59.4 Å². The Labute approximate surface area is 141 Å². The van der Waals surface area contributed by atoms with Gasteiger partial charge >= 0.3 is 6.36 Å². The molecule has 2 aromatic carbocycles. The summed E-state index contributed by atoms with van der Waals surface area (Å²) in [5.74, 6) is -0.957. The smallest absolute Gasteiger partial charge is 0.406 e. The molecule has 2 rings (SSSR count). The van der Waals surface area contributed by atoms with E-state index in [1.807, 2.05) is 0 Å². The number of hydrogen-bond acceptors (Lipinski definition) is 3. The summed E-state index contributed by atoms with van der Waals surface area (Å²) in [5, 5.41) is 5.44. The first-order valence-corrected chi connectivity index (χ1v) is 7.34. The predicted molar refractivity (Wildman–Crippen MR) is 84.6 cm³/mol. The van der Waals surface area contributed by atoms with E-state index in [1.165, 1.54) is 18.2 Å². The van der Waals surface area contributed by atoms with Gasteiger partial charge in [0, 0.05) is 12.2 Å². The molecule has 0 saturated heterocycles. The van der Waals surface area contributed by atoms with Crippen molar-refractivity contribution >= 4 is 11.6 Å². The van der Waals surface area contributed by atoms with E-state index in [9.17, 15) is 22.4 Å². The van der Waals surface area contributed by atoms with Gasteiger partial charge in [0.25, 0.3) is 0 Å². The molecule has 25 heavy (non-hydrogen) atoms. The van der Waals surface area contributed by atoms with Crippen LogP contribution < -0.4 is 15.4 Å². The van der Waals surface area contributed by atoms with E-state index in [-0.39, 0.29) is 30.6 Å². The fourth-order valence-corrected chi connectivity index (χ4v) is 2.04. The average Bonchev–Trinajstić information content (AvgIpc) is 2.54. The minimum atomic E-state index is -4.74. The zero-order valence-corrected chi connectivity index (χ0v) is 13.3. The number of aryl methyl sites for hydroxylation is 1. The van der Waals surface area contributed by atoms with E-state index in [4.69, 9.17) is 0 Å². The van der Waals surface area contributed by atoms with Gasteiger partial charge in [-0.25, -0.2) is 4.39 Å². The Kier molecular flexibility index (Phi) is 5.84. The Morgan fingerprint density at radius 3 is 2.40 bits per heavy atom. The van der Waals surface area contributed by atoms with Crippen molar-refractivity contribution in [2.75, 3.05) is 11.9 Å². The highest BCUT2D eigenvalue weighted by Crippen LogP contribution is 2.23. The second kappa shape index (κ2) is 7.87. The lowest BCUT2D eigenvalue weighted by Gasteiger charge is -2.11. The number of carbonyl (C=O) groups is 1. The summed E-state index contributed by atoms with van der Waals surface area (Å²) in [4.78, 5) is 11.8. The molecule has 2 aromatic rings. The standard InChI is InChI=1S/C17H16F4N2O2/c1-11-8-12(2-7-15(11)18)9-23-16(24)10-22-13-3-5-14(6-4-13)25-17(19,20)21/h2-8,22H,9-10H2,1H3,(H,23,24). The minimum Gasteiger partial charge on any atom is -0.406 e. The Hall–Kier alpha value is -2.77. The van der Waals surface area contributed by atoms with Crippen LogP contribution in [0.4, 0.5) is 23.2 Å². The van der Waals surface area contributed by atoms with Gasteiger partial charge in [-0.1, -0.05) is 12.1 Å². The van der Waals surface area contributed by atoms with Crippen molar-refractivity contribution < 1.29 is 27.1 Å². The van der Waals surface area contributed by atoms with Crippen LogP contribution in [0.1, 0.15) is 11.1 Å². The monoisotopic (exact) mass is 356 g/mol. The Morgan fingerprint density at radius 1 is 1.12 bits per heavy atom. The number of rotatable bonds is 6. The summed E-state index contributed by atoms with van der Waals surface area (Å²) >= 11 is 0. The number of amides is 1. The molecular formula is C17H16F4N2O2. The van der Waals surface area contributed by atoms with Crippen molar-refractivity contribution in [3.63, 3.8) is 0 Å². The fraction of sp³-hybridized carbons (Fsp3) is 0.235. The van der Waals surface area contributed by atoms with Gasteiger partial charge in [0.15, 0.2) is 0 Å². The summed E-state index contributed by atoms with van der Waals surface area (Å²) in [7, 11) is 0. The Bertz CT molecular complexity index is 730. The van der Waals surface area contributed by atoms with Gasteiger partial charge in [0.2, 0.25) is 5.91 Å². The molecule has 4 nitrogen and oxygen atoms in total. The molecule has 0 bridgehead atoms. The van der Waals surface area contributed by atoms with Gasteiger partial charge in [0.1, 0.15) is 11.6 Å². The van der Waals surface area contributed by atoms with Crippen LogP contribution in [0, 0.1) is 12.7 Å². The van der Waals surface area contributed by atoms with E-state index in [0.29, 0.717) is 11.3 Å². The topological polar surface area (TPSA) is 50.4 Å². The molecule has 0 aliphatic heterocycles. The first-order chi connectivity index (χ1) is 11.7. The zero-order chi connectivity index (χ0) is 18.4. The zero-order valence-electron chi connectivity index (χ0n) is 13.3. The molecule has 134 valence electrons. The molecule has 2 N–H and O–H groups in total. The Morgan fingerprint density at radius 2 is 1.80 bits per heavy atom. The highest BCUT2D eigenvalue weighted by atomic mass is 19.4. The summed E-state index contributed by atoms with van der Waals surface area (Å²) in [6.07, 6.45) is -4.74. The second-order valence-electron chi connectivity index (χ2n) is 5.29. The van der Waals surface area contributed by atoms with Gasteiger partial charge in [-0.15, -0.1) is 13.2 Å². The summed E-state index contributed by atoms with van der Waals surface area (Å²) in [6, 6.07) is 9.59. The van der Waals surface area contributed by atoms with Crippen LogP contribution in [-0.2, 0) is 11.3 Å². The first-order valence-electron chi connectivity index (χ1n) is 7.34. The number of halogens is 4. The van der Waals surface area contributed by atoms with Gasteiger partial charge in [-0.3, -0.25) is 4.79 Å². The third-order valence-electron chi connectivity index (χ3n) is 3.25. The van der Waals surface area contributed by atoms with Crippen LogP contribution in [0.2, 0.25) is 0 Å². The molecule has 0 aliphatic carbocycles. The largest absolute Gasteiger partial charge is 0.573 e. The number of benzene rings is 2. The normalized spacial score (nSPS) is 11.1. The summed E-state index contributed by atoms with van der Waals surface area (Å²) in [6.45, 7) is 1.83. The molecule has 0 fully saturated rings. The van der Waals surface area contributed by atoms with Gasteiger partial charge in [-0.05, 0) is 48.4 Å². The highest BCUT2D eigenvalue weighted by molar-refractivity contribution is 5.80. The van der Waals surface area contributed by atoms with Crippen molar-refractivity contribution in [2.24, 2.45) is 0 Å². The molecule has 0 spiro atoms. The molecule has 0 unspecified atom stereocenters. The maximum Gasteiger partial charge on any atom is 0.573 e. The van der Waals surface area contributed by atoms with Crippen molar-refractivity contribution in [1.29, 1.82) is 0 Å². The van der Waals surface area contributed by atoms with Gasteiger partial charge < -0.3 is 15.4 Å². The lowest BCUT2D eigenvalue weighted by molar-refractivity contribution is -0.274. The van der Waals surface area contributed by atoms with Crippen LogP contribution in [-0.4, -0.2) is 18.8 Å². The van der Waals surface area contributed by atoms with Crippen LogP contribution >= 0.6 is 0 Å². The predicted octanol–water partition coefficient (Wildman–Crippen LogP) is 3.76. The third-order valence-corrected chi connectivity index (χ3v) is 3.25. The van der Waals surface area contributed by atoms with Crippen molar-refractivity contribution in [2.45, 2.75) is 19.8 Å². The number of ether oxygens (including phenoxy) is 1. The molecular weight excluding hydrogens is 340 g/mol. The van der Waals surface area contributed by atoms with Crippen LogP contribution in [0.5, 0.6) is 5.75 Å². The quantitative estimate of drug-likeness (QED) is 0.775. The van der Waals surface area contributed by atoms with Crippen molar-refractivity contribution in [3.8, 4) is 5.75 Å². The van der Waals surface area contributed by atoms with Crippen LogP contribution in [0.25, 0.3) is 0 Å². The van der Waals surface area contributed by atoms with Gasteiger partial charge in [-0.2, -0.15) is 0 Å². The lowest BCUT2D eigenvalue weighted by atomic mass is 10.1. The number of alkyl halides is 3. The SMILES string of the molecule is Cc1cc(CNC(=O)CNc2ccc(OC(F)(F)F)cc2)ccc1F. The van der Waals surface area contributed by atoms with Gasteiger partial charge in [0.05, 0.1) is 6.54 Å². The fourth-order valence-electron chi connectivity index (χ4n) is 2.04. The maximum absolute atomic E-state index is 13.2. The maximum atomic E-state index is 13.2. The minimum absolute atomic E-state index is 0.0559. The molecule has 0 aliphatic rings. The van der Waals surface area contributed by atoms with Crippen LogP contribution in [0.3, 0.4) is 0 Å². The molecule has 0 aromatic heterocycles. The van der Waals surface area contributed by atoms with E-state index in [2.05, 4.69) is 15.4 Å². The Balaban J connectivity index is 1.78. The van der Waals surface area contributed by atoms with E-state index >= 15 is 0 Å². The average molecular weight is 356 g/mol. The van der Waals surface area contributed by atoms with Crippen molar-refractivity contribution in [1.82, 2.24) is 5.32 Å². The summed E-state index contributed by atoms with van der Waals surface area (Å²) in [5.41, 5.74) is 1.73. The lowest BCUT2D eigenvalue weighted by Crippen LogP contribution is -2.29. The molecule has 8 heteroatoms. The molecule has 0 radical (unpaired) electrons. The van der Waals surface area contributed by atoms with E-state index in [0.717, 1.165) is 17.7 Å². The number of anilines is 1. The highest BCUT2D eigenvalue weighted by Gasteiger charge is 2.30. The van der Waals surface area contributed by atoms with E-state index in [1.54, 1.807) is 19.1 Å². The first kappa shape index (κ1) is 18.6. The summed E-state index contributed by atoms with van der Waals surface area (Å²) < 4.78 is 53.1. The van der Waals surface area contributed by atoms with E-state index < -0.39 is 6.36 Å². The number of nitrogens with one attached hydrogen (secondary N) is 2. The molecule has 0 heterocycles. The number of carbonyl (C=O) groups excluding carboxylic acids is 1. The molecule has 0 atom stereocenters.